The molecule has 0 aliphatic heterocycles. The molecule has 5 heteroatoms. The van der Waals surface area contributed by atoms with Crippen molar-refractivity contribution in [3.8, 4) is 0 Å². The van der Waals surface area contributed by atoms with Gasteiger partial charge in [0.1, 0.15) is 0 Å². The van der Waals surface area contributed by atoms with Crippen LogP contribution in [0.25, 0.3) is 0 Å². The minimum Gasteiger partial charge on any atom is -0.352 e. The van der Waals surface area contributed by atoms with Crippen LogP contribution in [0.4, 0.5) is 0 Å². The Kier molecular flexibility index (Phi) is 4.36. The van der Waals surface area contributed by atoms with Gasteiger partial charge in [0.25, 0.3) is 0 Å². The van der Waals surface area contributed by atoms with Gasteiger partial charge in [0.15, 0.2) is 0 Å². The quantitative estimate of drug-likeness (QED) is 0.817. The van der Waals surface area contributed by atoms with Crippen LogP contribution in [0.5, 0.6) is 0 Å². The van der Waals surface area contributed by atoms with Crippen LogP contribution < -0.4 is 5.32 Å². The van der Waals surface area contributed by atoms with E-state index in [0.29, 0.717) is 18.5 Å². The molecule has 2 rings (SSSR count). The van der Waals surface area contributed by atoms with Crippen LogP contribution in [0.3, 0.4) is 0 Å². The Morgan fingerprint density at radius 2 is 2.39 bits per heavy atom. The number of aromatic amines is 1. The Hall–Kier alpha value is -1.36. The van der Waals surface area contributed by atoms with Crippen molar-refractivity contribution in [3.63, 3.8) is 0 Å². The molecular formula is C13H22N4O. The Bertz CT molecular complexity index is 374. The number of nitrogens with one attached hydrogen (secondary N) is 2. The molecule has 1 aliphatic carbocycles. The van der Waals surface area contributed by atoms with Crippen LogP contribution in [-0.4, -0.2) is 47.2 Å². The summed E-state index contributed by atoms with van der Waals surface area (Å²) in [4.78, 5) is 14.1. The second kappa shape index (κ2) is 6.00. The molecule has 0 saturated heterocycles. The highest BCUT2D eigenvalue weighted by atomic mass is 16.1. The average Bonchev–Trinajstić information content (AvgIpc) is 2.96. The number of likely N-dealkylation sites (N-methyl/N-ethyl adjacent to an activating group) is 1. The lowest BCUT2D eigenvalue weighted by atomic mass is 10.1. The maximum Gasteiger partial charge on any atom is 0.220 e. The molecule has 1 aliphatic rings. The van der Waals surface area contributed by atoms with Crippen LogP contribution in [0.15, 0.2) is 12.4 Å². The van der Waals surface area contributed by atoms with E-state index >= 15 is 0 Å². The molecule has 1 amide bonds. The number of carbonyl (C=O) groups is 1. The minimum atomic E-state index is 0.148. The Labute approximate surface area is 108 Å². The summed E-state index contributed by atoms with van der Waals surface area (Å²) in [7, 11) is 4.17. The van der Waals surface area contributed by atoms with Crippen molar-refractivity contribution < 1.29 is 4.79 Å². The first kappa shape index (κ1) is 13.1. The van der Waals surface area contributed by atoms with E-state index in [0.717, 1.165) is 18.4 Å². The summed E-state index contributed by atoms with van der Waals surface area (Å²) < 4.78 is 0. The van der Waals surface area contributed by atoms with Crippen molar-refractivity contribution in [1.82, 2.24) is 20.4 Å². The van der Waals surface area contributed by atoms with Crippen molar-refractivity contribution in [2.75, 3.05) is 14.1 Å². The molecule has 2 atom stereocenters. The topological polar surface area (TPSA) is 61.0 Å². The maximum atomic E-state index is 11.9. The average molecular weight is 250 g/mol. The second-order valence-electron chi connectivity index (χ2n) is 5.24. The smallest absolute Gasteiger partial charge is 0.220 e. The molecule has 1 aromatic rings. The number of carbonyl (C=O) groups excluding carboxylic acids is 1. The fraction of sp³-hybridized carbons (Fsp3) is 0.692. The fourth-order valence-electron chi connectivity index (χ4n) is 2.68. The Morgan fingerprint density at radius 1 is 1.56 bits per heavy atom. The van der Waals surface area contributed by atoms with Crippen LogP contribution in [0.2, 0.25) is 0 Å². The first-order valence-electron chi connectivity index (χ1n) is 6.60. The molecule has 0 unspecified atom stereocenters. The zero-order valence-corrected chi connectivity index (χ0v) is 11.1. The lowest BCUT2D eigenvalue weighted by Gasteiger charge is -2.26. The van der Waals surface area contributed by atoms with E-state index in [2.05, 4.69) is 34.5 Å². The number of rotatable bonds is 5. The first-order valence-corrected chi connectivity index (χ1v) is 6.60. The number of aromatic nitrogens is 2. The van der Waals surface area contributed by atoms with E-state index in [1.54, 1.807) is 6.20 Å². The third-order valence-electron chi connectivity index (χ3n) is 3.68. The summed E-state index contributed by atoms with van der Waals surface area (Å²) in [6.07, 6.45) is 8.38. The van der Waals surface area contributed by atoms with Gasteiger partial charge in [-0.05, 0) is 45.3 Å². The highest BCUT2D eigenvalue weighted by molar-refractivity contribution is 5.76. The Balaban J connectivity index is 1.76. The highest BCUT2D eigenvalue weighted by Crippen LogP contribution is 2.22. The molecule has 5 nitrogen and oxygen atoms in total. The third kappa shape index (κ3) is 3.32. The van der Waals surface area contributed by atoms with E-state index < -0.39 is 0 Å². The van der Waals surface area contributed by atoms with Crippen LogP contribution >= 0.6 is 0 Å². The largest absolute Gasteiger partial charge is 0.352 e. The second-order valence-corrected chi connectivity index (χ2v) is 5.24. The van der Waals surface area contributed by atoms with Crippen molar-refractivity contribution in [3.05, 3.63) is 18.0 Å². The summed E-state index contributed by atoms with van der Waals surface area (Å²) >= 11 is 0. The van der Waals surface area contributed by atoms with Crippen LogP contribution in [0, 0.1) is 0 Å². The molecule has 0 bridgehead atoms. The van der Waals surface area contributed by atoms with Gasteiger partial charge in [0.2, 0.25) is 5.91 Å². The predicted octanol–water partition coefficient (Wildman–Crippen LogP) is 0.941. The van der Waals surface area contributed by atoms with Gasteiger partial charge in [-0.15, -0.1) is 0 Å². The molecule has 1 heterocycles. The number of amides is 1. The number of hydrogen-bond acceptors (Lipinski definition) is 3. The normalized spacial score (nSPS) is 23.5. The Morgan fingerprint density at radius 3 is 3.06 bits per heavy atom. The van der Waals surface area contributed by atoms with Gasteiger partial charge >= 0.3 is 0 Å². The number of H-pyrrole nitrogens is 1. The summed E-state index contributed by atoms with van der Waals surface area (Å²) in [6.45, 7) is 0. The monoisotopic (exact) mass is 250 g/mol. The van der Waals surface area contributed by atoms with E-state index in [-0.39, 0.29) is 5.91 Å². The van der Waals surface area contributed by atoms with Crippen molar-refractivity contribution in [1.29, 1.82) is 0 Å². The van der Waals surface area contributed by atoms with Gasteiger partial charge in [-0.1, -0.05) is 0 Å². The number of hydrogen-bond donors (Lipinski definition) is 2. The van der Waals surface area contributed by atoms with Gasteiger partial charge < -0.3 is 10.2 Å². The lowest BCUT2D eigenvalue weighted by molar-refractivity contribution is -0.122. The molecule has 0 radical (unpaired) electrons. The highest BCUT2D eigenvalue weighted by Gasteiger charge is 2.29. The van der Waals surface area contributed by atoms with Gasteiger partial charge in [0, 0.05) is 24.7 Å². The van der Waals surface area contributed by atoms with Crippen LogP contribution in [0.1, 0.15) is 31.2 Å². The molecule has 2 N–H and O–H groups in total. The maximum absolute atomic E-state index is 11.9. The van der Waals surface area contributed by atoms with E-state index in [1.807, 2.05) is 6.20 Å². The minimum absolute atomic E-state index is 0.148. The zero-order chi connectivity index (χ0) is 13.0. The van der Waals surface area contributed by atoms with Crippen molar-refractivity contribution in [2.45, 2.75) is 44.2 Å². The SMILES string of the molecule is CN(C)[C@@H]1CCC[C@H]1NC(=O)CCc1cn[nH]c1. The predicted molar refractivity (Wildman–Crippen MR) is 70.2 cm³/mol. The van der Waals surface area contributed by atoms with Gasteiger partial charge in [-0.3, -0.25) is 9.89 Å². The number of nitrogens with zero attached hydrogens (tertiary/aromatic N) is 2. The summed E-state index contributed by atoms with van der Waals surface area (Å²) in [5.41, 5.74) is 1.08. The summed E-state index contributed by atoms with van der Waals surface area (Å²) in [5, 5.41) is 9.80. The van der Waals surface area contributed by atoms with Crippen molar-refractivity contribution >= 4 is 5.91 Å². The summed E-state index contributed by atoms with van der Waals surface area (Å²) in [5.74, 6) is 0.148. The fourth-order valence-corrected chi connectivity index (χ4v) is 2.68. The number of aryl methyl sites for hydroxylation is 1. The van der Waals surface area contributed by atoms with Gasteiger partial charge in [-0.25, -0.2) is 0 Å². The molecule has 0 aromatic carbocycles. The first-order chi connectivity index (χ1) is 8.66. The standard InChI is InChI=1S/C13H22N4O/c1-17(2)12-5-3-4-11(12)16-13(18)7-6-10-8-14-15-9-10/h8-9,11-12H,3-7H2,1-2H3,(H,14,15)(H,16,18)/t11-,12-/m1/s1. The molecule has 1 aromatic heterocycles. The van der Waals surface area contributed by atoms with Gasteiger partial charge in [-0.2, -0.15) is 5.10 Å². The molecule has 1 fully saturated rings. The molecule has 1 saturated carbocycles. The van der Waals surface area contributed by atoms with E-state index in [1.165, 1.54) is 12.8 Å². The lowest BCUT2D eigenvalue weighted by Crippen LogP contribution is -2.46. The molecular weight excluding hydrogens is 228 g/mol. The van der Waals surface area contributed by atoms with E-state index in [9.17, 15) is 4.79 Å². The molecule has 18 heavy (non-hydrogen) atoms. The third-order valence-corrected chi connectivity index (χ3v) is 3.68. The molecule has 100 valence electrons. The summed E-state index contributed by atoms with van der Waals surface area (Å²) in [6, 6.07) is 0.805. The van der Waals surface area contributed by atoms with Crippen molar-refractivity contribution in [2.24, 2.45) is 0 Å². The van der Waals surface area contributed by atoms with Crippen LogP contribution in [-0.2, 0) is 11.2 Å². The van der Waals surface area contributed by atoms with Gasteiger partial charge in [0.05, 0.1) is 6.20 Å². The molecule has 0 spiro atoms. The zero-order valence-electron chi connectivity index (χ0n) is 11.1. The van der Waals surface area contributed by atoms with E-state index in [4.69, 9.17) is 0 Å².